The van der Waals surface area contributed by atoms with Gasteiger partial charge in [-0.1, -0.05) is 17.7 Å². The molecule has 2 N–H and O–H groups in total. The van der Waals surface area contributed by atoms with Crippen LogP contribution in [-0.2, 0) is 0 Å². The summed E-state index contributed by atoms with van der Waals surface area (Å²) in [7, 11) is 3.96. The summed E-state index contributed by atoms with van der Waals surface area (Å²) in [6.07, 6.45) is 0.493. The first-order valence-electron chi connectivity index (χ1n) is 6.57. The Balaban J connectivity index is 2.75. The number of likely N-dealkylation sites (N-methyl/N-ethyl adjacent to an activating group) is 1. The molecule has 18 heavy (non-hydrogen) atoms. The number of hydrogen-bond donors (Lipinski definition) is 2. The molecular weight excluding hydrogens is 224 g/mol. The van der Waals surface area contributed by atoms with Gasteiger partial charge in [-0.3, -0.25) is 0 Å². The Hall–Kier alpha value is -1.06. The lowest BCUT2D eigenvalue weighted by Gasteiger charge is -2.26. The third kappa shape index (κ3) is 4.00. The van der Waals surface area contributed by atoms with Crippen LogP contribution in [0.3, 0.4) is 0 Å². The molecule has 1 rings (SSSR count). The first-order chi connectivity index (χ1) is 8.45. The van der Waals surface area contributed by atoms with Gasteiger partial charge in [-0.25, -0.2) is 0 Å². The minimum absolute atomic E-state index is 0.289. The van der Waals surface area contributed by atoms with Gasteiger partial charge >= 0.3 is 0 Å². The Morgan fingerprint density at radius 1 is 1.22 bits per heavy atom. The number of anilines is 1. The standard InChI is InChI=1S/C15H26N2O/c1-11-8-12(2)15(13(3)9-11)17(5)10-14(18)6-7-16-4/h8-9,14,16,18H,6-7,10H2,1-5H3. The van der Waals surface area contributed by atoms with Gasteiger partial charge in [0.1, 0.15) is 0 Å². The Morgan fingerprint density at radius 3 is 2.28 bits per heavy atom. The van der Waals surface area contributed by atoms with Gasteiger partial charge in [0.25, 0.3) is 0 Å². The maximum Gasteiger partial charge on any atom is 0.0727 e. The molecule has 3 heteroatoms. The lowest BCUT2D eigenvalue weighted by atomic mass is 10.0. The minimum Gasteiger partial charge on any atom is -0.391 e. The summed E-state index contributed by atoms with van der Waals surface area (Å²) in [5.41, 5.74) is 5.08. The molecule has 1 aromatic carbocycles. The van der Waals surface area contributed by atoms with Crippen molar-refractivity contribution in [3.63, 3.8) is 0 Å². The van der Waals surface area contributed by atoms with Crippen molar-refractivity contribution in [3.8, 4) is 0 Å². The van der Waals surface area contributed by atoms with E-state index in [2.05, 4.69) is 43.1 Å². The Bertz CT molecular complexity index is 367. The highest BCUT2D eigenvalue weighted by Gasteiger charge is 2.12. The normalized spacial score (nSPS) is 12.6. The highest BCUT2D eigenvalue weighted by Crippen LogP contribution is 2.25. The van der Waals surface area contributed by atoms with Crippen molar-refractivity contribution in [2.75, 3.05) is 32.1 Å². The SMILES string of the molecule is CNCCC(O)CN(C)c1c(C)cc(C)cc1C. The zero-order valence-electron chi connectivity index (χ0n) is 12.2. The van der Waals surface area contributed by atoms with E-state index >= 15 is 0 Å². The molecule has 0 fully saturated rings. The summed E-state index contributed by atoms with van der Waals surface area (Å²) in [5.74, 6) is 0. The smallest absolute Gasteiger partial charge is 0.0727 e. The van der Waals surface area contributed by atoms with E-state index in [1.54, 1.807) is 0 Å². The van der Waals surface area contributed by atoms with Crippen LogP contribution in [0.2, 0.25) is 0 Å². The number of aliphatic hydroxyl groups excluding tert-OH is 1. The summed E-state index contributed by atoms with van der Waals surface area (Å²) in [6, 6.07) is 4.39. The fraction of sp³-hybridized carbons (Fsp3) is 0.600. The molecule has 0 heterocycles. The molecule has 1 atom stereocenters. The number of nitrogens with one attached hydrogen (secondary N) is 1. The van der Waals surface area contributed by atoms with E-state index in [4.69, 9.17) is 0 Å². The molecule has 0 aliphatic carbocycles. The monoisotopic (exact) mass is 250 g/mol. The van der Waals surface area contributed by atoms with Crippen LogP contribution in [0.4, 0.5) is 5.69 Å². The van der Waals surface area contributed by atoms with E-state index in [1.807, 2.05) is 14.1 Å². The van der Waals surface area contributed by atoms with Crippen LogP contribution >= 0.6 is 0 Å². The highest BCUT2D eigenvalue weighted by atomic mass is 16.3. The average molecular weight is 250 g/mol. The third-order valence-corrected chi connectivity index (χ3v) is 3.23. The topological polar surface area (TPSA) is 35.5 Å². The number of aliphatic hydroxyl groups is 1. The summed E-state index contributed by atoms with van der Waals surface area (Å²) in [5, 5.41) is 13.0. The van der Waals surface area contributed by atoms with Crippen LogP contribution < -0.4 is 10.2 Å². The van der Waals surface area contributed by atoms with Crippen molar-refractivity contribution < 1.29 is 5.11 Å². The third-order valence-electron chi connectivity index (χ3n) is 3.23. The zero-order chi connectivity index (χ0) is 13.7. The number of nitrogens with zero attached hydrogens (tertiary/aromatic N) is 1. The molecule has 1 unspecified atom stereocenters. The van der Waals surface area contributed by atoms with Crippen molar-refractivity contribution in [2.45, 2.75) is 33.3 Å². The van der Waals surface area contributed by atoms with Crippen molar-refractivity contribution >= 4 is 5.69 Å². The Morgan fingerprint density at radius 2 is 1.78 bits per heavy atom. The molecule has 0 aliphatic heterocycles. The molecular formula is C15H26N2O. The quantitative estimate of drug-likeness (QED) is 0.811. The lowest BCUT2D eigenvalue weighted by molar-refractivity contribution is 0.171. The Labute approximate surface area is 111 Å². The molecule has 0 radical (unpaired) electrons. The van der Waals surface area contributed by atoms with E-state index in [9.17, 15) is 5.11 Å². The Kier molecular flexibility index (Phi) is 5.63. The molecule has 0 aliphatic rings. The second-order valence-corrected chi connectivity index (χ2v) is 5.17. The molecule has 1 aromatic rings. The second-order valence-electron chi connectivity index (χ2n) is 5.17. The fourth-order valence-corrected chi connectivity index (χ4v) is 2.58. The summed E-state index contributed by atoms with van der Waals surface area (Å²) in [4.78, 5) is 2.16. The summed E-state index contributed by atoms with van der Waals surface area (Å²) in [6.45, 7) is 7.90. The number of rotatable bonds is 6. The van der Waals surface area contributed by atoms with Gasteiger partial charge in [-0.15, -0.1) is 0 Å². The molecule has 3 nitrogen and oxygen atoms in total. The molecule has 0 spiro atoms. The molecule has 0 aromatic heterocycles. The van der Waals surface area contributed by atoms with Gasteiger partial charge in [0.15, 0.2) is 0 Å². The second kappa shape index (κ2) is 6.76. The average Bonchev–Trinajstić information content (AvgIpc) is 2.24. The fourth-order valence-electron chi connectivity index (χ4n) is 2.58. The van der Waals surface area contributed by atoms with Crippen molar-refractivity contribution in [1.82, 2.24) is 5.32 Å². The first kappa shape index (κ1) is 15.0. The van der Waals surface area contributed by atoms with Crippen LogP contribution in [0, 0.1) is 20.8 Å². The van der Waals surface area contributed by atoms with Crippen molar-refractivity contribution in [2.24, 2.45) is 0 Å². The predicted molar refractivity (Wildman–Crippen MR) is 78.5 cm³/mol. The van der Waals surface area contributed by atoms with Gasteiger partial charge in [-0.2, -0.15) is 0 Å². The molecule has 0 saturated heterocycles. The maximum absolute atomic E-state index is 9.97. The highest BCUT2D eigenvalue weighted by molar-refractivity contribution is 5.59. The largest absolute Gasteiger partial charge is 0.391 e. The number of aryl methyl sites for hydroxylation is 3. The van der Waals surface area contributed by atoms with Gasteiger partial charge in [-0.05, 0) is 51.9 Å². The van der Waals surface area contributed by atoms with E-state index in [0.717, 1.165) is 13.0 Å². The van der Waals surface area contributed by atoms with Crippen LogP contribution in [0.15, 0.2) is 12.1 Å². The molecule has 0 bridgehead atoms. The maximum atomic E-state index is 9.97. The van der Waals surface area contributed by atoms with Crippen molar-refractivity contribution in [3.05, 3.63) is 28.8 Å². The van der Waals surface area contributed by atoms with E-state index in [0.29, 0.717) is 6.54 Å². The van der Waals surface area contributed by atoms with Gasteiger partial charge in [0.2, 0.25) is 0 Å². The summed E-state index contributed by atoms with van der Waals surface area (Å²) < 4.78 is 0. The predicted octanol–water partition coefficient (Wildman–Crippen LogP) is 2.02. The van der Waals surface area contributed by atoms with Gasteiger partial charge in [0, 0.05) is 19.3 Å². The van der Waals surface area contributed by atoms with Crippen LogP contribution in [0.25, 0.3) is 0 Å². The summed E-state index contributed by atoms with van der Waals surface area (Å²) >= 11 is 0. The molecule has 0 saturated carbocycles. The molecule has 102 valence electrons. The van der Waals surface area contributed by atoms with E-state index < -0.39 is 0 Å². The van der Waals surface area contributed by atoms with E-state index in [-0.39, 0.29) is 6.10 Å². The van der Waals surface area contributed by atoms with Crippen LogP contribution in [0.5, 0.6) is 0 Å². The zero-order valence-corrected chi connectivity index (χ0v) is 12.2. The van der Waals surface area contributed by atoms with Crippen LogP contribution in [-0.4, -0.2) is 38.4 Å². The van der Waals surface area contributed by atoms with E-state index in [1.165, 1.54) is 22.4 Å². The van der Waals surface area contributed by atoms with Crippen LogP contribution in [0.1, 0.15) is 23.1 Å². The molecule has 0 amide bonds. The lowest BCUT2D eigenvalue weighted by Crippen LogP contribution is -2.31. The van der Waals surface area contributed by atoms with Crippen molar-refractivity contribution in [1.29, 1.82) is 0 Å². The van der Waals surface area contributed by atoms with Gasteiger partial charge in [0.05, 0.1) is 6.10 Å². The van der Waals surface area contributed by atoms with Gasteiger partial charge < -0.3 is 15.3 Å². The minimum atomic E-state index is -0.289. The number of hydrogen-bond acceptors (Lipinski definition) is 3. The first-order valence-corrected chi connectivity index (χ1v) is 6.57. The number of benzene rings is 1.